The highest BCUT2D eigenvalue weighted by molar-refractivity contribution is 5.55. The molecule has 7 nitrogen and oxygen atoms in total. The number of anilines is 2. The van der Waals surface area contributed by atoms with Gasteiger partial charge in [-0.15, -0.1) is 0 Å². The van der Waals surface area contributed by atoms with Gasteiger partial charge in [0.25, 0.3) is 0 Å². The van der Waals surface area contributed by atoms with Crippen LogP contribution in [0.15, 0.2) is 18.3 Å². The van der Waals surface area contributed by atoms with Gasteiger partial charge < -0.3 is 25.3 Å². The van der Waals surface area contributed by atoms with Crippen LogP contribution in [0.2, 0.25) is 0 Å². The van der Waals surface area contributed by atoms with E-state index >= 15 is 0 Å². The van der Waals surface area contributed by atoms with Crippen LogP contribution in [0.5, 0.6) is 23.0 Å². The van der Waals surface area contributed by atoms with Gasteiger partial charge in [-0.1, -0.05) is 13.8 Å². The fourth-order valence-electron chi connectivity index (χ4n) is 2.24. The molecular formula is C17H24N4O3. The minimum absolute atomic E-state index is 0.225. The molecule has 0 aliphatic rings. The topological polar surface area (TPSA) is 91.5 Å². The molecule has 0 aliphatic heterocycles. The molecule has 2 aromatic rings. The van der Waals surface area contributed by atoms with Gasteiger partial charge in [0.1, 0.15) is 5.75 Å². The first-order chi connectivity index (χ1) is 11.5. The van der Waals surface area contributed by atoms with Crippen molar-refractivity contribution in [2.45, 2.75) is 26.7 Å². The maximum Gasteiger partial charge on any atom is 0.224 e. The van der Waals surface area contributed by atoms with Crippen molar-refractivity contribution in [3.8, 4) is 23.0 Å². The first-order valence-corrected chi connectivity index (χ1v) is 7.80. The van der Waals surface area contributed by atoms with Crippen molar-refractivity contribution in [2.24, 2.45) is 0 Å². The van der Waals surface area contributed by atoms with Crippen LogP contribution in [-0.4, -0.2) is 30.7 Å². The summed E-state index contributed by atoms with van der Waals surface area (Å²) in [7, 11) is 3.19. The van der Waals surface area contributed by atoms with Gasteiger partial charge in [-0.25, -0.2) is 4.98 Å². The van der Waals surface area contributed by atoms with Gasteiger partial charge in [-0.2, -0.15) is 4.98 Å². The number of aromatic nitrogens is 2. The monoisotopic (exact) mass is 332 g/mol. The van der Waals surface area contributed by atoms with E-state index in [9.17, 15) is 0 Å². The second-order valence-electron chi connectivity index (χ2n) is 5.48. The Morgan fingerprint density at radius 2 is 1.75 bits per heavy atom. The molecule has 130 valence electrons. The normalized spacial score (nSPS) is 10.6. The van der Waals surface area contributed by atoms with Crippen LogP contribution in [0.25, 0.3) is 0 Å². The maximum absolute atomic E-state index is 5.98. The summed E-state index contributed by atoms with van der Waals surface area (Å²) in [5.74, 6) is 3.23. The molecule has 0 radical (unpaired) electrons. The van der Waals surface area contributed by atoms with E-state index in [4.69, 9.17) is 19.9 Å². The summed E-state index contributed by atoms with van der Waals surface area (Å²) in [6, 6.07) is 3.69. The third-order valence-corrected chi connectivity index (χ3v) is 3.48. The highest BCUT2D eigenvalue weighted by Gasteiger charge is 2.17. The number of ether oxygens (including phenoxy) is 3. The van der Waals surface area contributed by atoms with E-state index < -0.39 is 0 Å². The third kappa shape index (κ3) is 3.79. The molecule has 0 saturated heterocycles. The summed E-state index contributed by atoms with van der Waals surface area (Å²) in [5, 5.41) is 3.01. The highest BCUT2D eigenvalue weighted by Crippen LogP contribution is 2.40. The van der Waals surface area contributed by atoms with Crippen molar-refractivity contribution in [1.29, 1.82) is 0 Å². The lowest BCUT2D eigenvalue weighted by Gasteiger charge is -2.18. The Kier molecular flexibility index (Phi) is 5.68. The fraction of sp³-hybridized carbons (Fsp3) is 0.412. The summed E-state index contributed by atoms with van der Waals surface area (Å²) in [4.78, 5) is 8.38. The fourth-order valence-corrected chi connectivity index (χ4v) is 2.24. The third-order valence-electron chi connectivity index (χ3n) is 3.48. The van der Waals surface area contributed by atoms with E-state index in [0.29, 0.717) is 35.5 Å². The maximum atomic E-state index is 5.98. The van der Waals surface area contributed by atoms with E-state index in [0.717, 1.165) is 5.56 Å². The Labute approximate surface area is 142 Å². The quantitative estimate of drug-likeness (QED) is 0.802. The highest BCUT2D eigenvalue weighted by atomic mass is 16.5. The lowest BCUT2D eigenvalue weighted by molar-refractivity contribution is 0.350. The molecule has 0 bridgehead atoms. The molecule has 0 aliphatic carbocycles. The second-order valence-corrected chi connectivity index (χ2v) is 5.48. The SMILES string of the molecule is CCNc1ncc(Oc2cc(OC)c(OC)cc2C(C)C)c(N)n1. The second kappa shape index (κ2) is 7.72. The van der Waals surface area contributed by atoms with Crippen LogP contribution in [0.1, 0.15) is 32.3 Å². The standard InChI is InChI=1S/C17H24N4O3/c1-6-19-17-20-9-15(16(18)21-17)24-12-8-14(23-5)13(22-4)7-11(12)10(2)3/h7-10H,6H2,1-5H3,(H3,18,19,20,21). The molecule has 2 rings (SSSR count). The van der Waals surface area contributed by atoms with Crippen molar-refractivity contribution in [2.75, 3.05) is 31.8 Å². The van der Waals surface area contributed by atoms with Crippen molar-refractivity contribution in [1.82, 2.24) is 9.97 Å². The minimum Gasteiger partial charge on any atom is -0.493 e. The van der Waals surface area contributed by atoms with E-state index in [2.05, 4.69) is 29.1 Å². The number of methoxy groups -OCH3 is 2. The van der Waals surface area contributed by atoms with Gasteiger partial charge >= 0.3 is 0 Å². The van der Waals surface area contributed by atoms with Crippen molar-refractivity contribution < 1.29 is 14.2 Å². The number of nitrogens with zero attached hydrogens (tertiary/aromatic N) is 2. The molecular weight excluding hydrogens is 308 g/mol. The summed E-state index contributed by atoms with van der Waals surface area (Å²) in [6.45, 7) is 6.82. The molecule has 0 saturated carbocycles. The van der Waals surface area contributed by atoms with Crippen LogP contribution in [0.3, 0.4) is 0 Å². The molecule has 1 aromatic heterocycles. The average Bonchev–Trinajstić information content (AvgIpc) is 2.56. The van der Waals surface area contributed by atoms with Crippen molar-refractivity contribution in [3.63, 3.8) is 0 Å². The average molecular weight is 332 g/mol. The summed E-state index contributed by atoms with van der Waals surface area (Å²) in [5.41, 5.74) is 6.96. The van der Waals surface area contributed by atoms with Gasteiger partial charge in [-0.05, 0) is 18.9 Å². The summed E-state index contributed by atoms with van der Waals surface area (Å²) in [6.07, 6.45) is 1.56. The van der Waals surface area contributed by atoms with Gasteiger partial charge in [0.2, 0.25) is 5.95 Å². The number of rotatable bonds is 7. The van der Waals surface area contributed by atoms with Crippen LogP contribution >= 0.6 is 0 Å². The molecule has 7 heteroatoms. The summed E-state index contributed by atoms with van der Waals surface area (Å²) >= 11 is 0. The Balaban J connectivity index is 2.41. The smallest absolute Gasteiger partial charge is 0.224 e. The largest absolute Gasteiger partial charge is 0.493 e. The predicted octanol–water partition coefficient (Wildman–Crippen LogP) is 3.42. The molecule has 0 spiro atoms. The van der Waals surface area contributed by atoms with Crippen LogP contribution < -0.4 is 25.3 Å². The van der Waals surface area contributed by atoms with Gasteiger partial charge in [0.05, 0.1) is 20.4 Å². The number of nitrogens with two attached hydrogens (primary N) is 1. The first kappa shape index (κ1) is 17.7. The number of benzene rings is 1. The first-order valence-electron chi connectivity index (χ1n) is 7.80. The van der Waals surface area contributed by atoms with Crippen LogP contribution in [-0.2, 0) is 0 Å². The van der Waals surface area contributed by atoms with Gasteiger partial charge in [0.15, 0.2) is 23.1 Å². The van der Waals surface area contributed by atoms with Gasteiger partial charge in [-0.3, -0.25) is 0 Å². The van der Waals surface area contributed by atoms with E-state index in [1.54, 1.807) is 26.5 Å². The number of hydrogen-bond acceptors (Lipinski definition) is 7. The lowest BCUT2D eigenvalue weighted by Crippen LogP contribution is -2.06. The Morgan fingerprint density at radius 3 is 2.29 bits per heavy atom. The zero-order chi connectivity index (χ0) is 17.7. The summed E-state index contributed by atoms with van der Waals surface area (Å²) < 4.78 is 16.7. The number of nitrogens with one attached hydrogen (secondary N) is 1. The molecule has 3 N–H and O–H groups in total. The number of hydrogen-bond donors (Lipinski definition) is 2. The predicted molar refractivity (Wildman–Crippen MR) is 94.3 cm³/mol. The Bertz CT molecular complexity index is 704. The van der Waals surface area contributed by atoms with E-state index in [1.807, 2.05) is 13.0 Å². The van der Waals surface area contributed by atoms with E-state index in [-0.39, 0.29) is 11.7 Å². The molecule has 24 heavy (non-hydrogen) atoms. The Morgan fingerprint density at radius 1 is 1.08 bits per heavy atom. The Hall–Kier alpha value is -2.70. The molecule has 1 aromatic carbocycles. The zero-order valence-electron chi connectivity index (χ0n) is 14.7. The lowest BCUT2D eigenvalue weighted by atomic mass is 10.0. The zero-order valence-corrected chi connectivity index (χ0v) is 14.7. The molecule has 1 heterocycles. The molecule has 0 amide bonds. The number of nitrogen functional groups attached to an aromatic ring is 1. The van der Waals surface area contributed by atoms with E-state index in [1.165, 1.54) is 0 Å². The molecule has 0 atom stereocenters. The van der Waals surface area contributed by atoms with Crippen molar-refractivity contribution in [3.05, 3.63) is 23.9 Å². The molecule has 0 fully saturated rings. The van der Waals surface area contributed by atoms with Crippen LogP contribution in [0, 0.1) is 0 Å². The van der Waals surface area contributed by atoms with Crippen LogP contribution in [0.4, 0.5) is 11.8 Å². The molecule has 0 unspecified atom stereocenters. The van der Waals surface area contributed by atoms with Gasteiger partial charge in [0, 0.05) is 18.2 Å². The minimum atomic E-state index is 0.225. The van der Waals surface area contributed by atoms with Crippen molar-refractivity contribution >= 4 is 11.8 Å².